The molecule has 2 N–H and O–H groups in total. The molecular weight excluding hydrogens is 1110 g/mol. The van der Waals surface area contributed by atoms with E-state index >= 15 is 0 Å². The summed E-state index contributed by atoms with van der Waals surface area (Å²) in [6.45, 7) is 30.5. The van der Waals surface area contributed by atoms with Crippen LogP contribution in [0.2, 0.25) is 0 Å². The third kappa shape index (κ3) is 19.0. The molecule has 7 fully saturated rings. The predicted molar refractivity (Wildman–Crippen MR) is 290 cm³/mol. The molecule has 10 heterocycles. The van der Waals surface area contributed by atoms with E-state index in [0.29, 0.717) is 38.1 Å². The number of rotatable bonds is 6. The summed E-state index contributed by atoms with van der Waals surface area (Å²) in [6.07, 6.45) is 19.2. The monoisotopic (exact) mass is 1190 g/mol. The molecule has 7 aliphatic rings. The maximum atomic E-state index is 10.6. The number of H-pyrrole nitrogens is 1. The van der Waals surface area contributed by atoms with Crippen LogP contribution in [0.5, 0.6) is 0 Å². The highest BCUT2D eigenvalue weighted by molar-refractivity contribution is 9.10. The average Bonchev–Trinajstić information content (AvgIpc) is 4.19. The molecule has 0 aliphatic carbocycles. The van der Waals surface area contributed by atoms with Crippen molar-refractivity contribution >= 4 is 68.6 Å². The van der Waals surface area contributed by atoms with Crippen LogP contribution in [-0.4, -0.2) is 169 Å². The van der Waals surface area contributed by atoms with Crippen molar-refractivity contribution < 1.29 is 64.6 Å². The van der Waals surface area contributed by atoms with E-state index in [1.807, 2.05) is 83.3 Å². The molecule has 3 aromatic rings. The van der Waals surface area contributed by atoms with Gasteiger partial charge in [0.25, 0.3) is 10.1 Å². The van der Waals surface area contributed by atoms with Gasteiger partial charge in [0.15, 0.2) is 0 Å². The zero-order valence-electron chi connectivity index (χ0n) is 46.0. The topological polar surface area (TPSA) is 220 Å². The van der Waals surface area contributed by atoms with Gasteiger partial charge in [-0.2, -0.15) is 23.7 Å². The van der Waals surface area contributed by atoms with Crippen LogP contribution in [0.15, 0.2) is 46.1 Å². The van der Waals surface area contributed by atoms with E-state index in [1.54, 1.807) is 12.4 Å². The number of halogens is 2. The van der Waals surface area contributed by atoms with Gasteiger partial charge in [-0.05, 0) is 166 Å². The molecule has 74 heavy (non-hydrogen) atoms. The Morgan fingerprint density at radius 3 is 1.27 bits per heavy atom. The molecule has 26 heteroatoms. The molecule has 0 unspecified atom stereocenters. The van der Waals surface area contributed by atoms with E-state index in [4.69, 9.17) is 56.2 Å². The van der Waals surface area contributed by atoms with Crippen LogP contribution in [0, 0.1) is 0 Å². The zero-order chi connectivity index (χ0) is 54.6. The van der Waals surface area contributed by atoms with Gasteiger partial charge in [0.2, 0.25) is 0 Å². The Kier molecular flexibility index (Phi) is 23.4. The number of nitrogens with zero attached hydrogens (tertiary/aromatic N) is 5. The summed E-state index contributed by atoms with van der Waals surface area (Å²) >= 11 is 6.57. The summed E-state index contributed by atoms with van der Waals surface area (Å²) in [4.78, 5) is 0. The SMILES string of the molecule is Brc1cn[nH]c1.Brc1cnn(C2CCOCC2)c1.CC1(C)OB(B2OC(C)(C)C(C)(C)O2)OC1(C)C.CC1(C)OB(c2cnn(C3CCOCC3)c2)OC1(C)C.CS(=O)(=O)OC1CCOCC1.OC1CCOCC1. The maximum absolute atomic E-state index is 10.6. The molecule has 0 aromatic carbocycles. The molecule has 3 aromatic heterocycles. The third-order valence-corrected chi connectivity index (χ3v) is 16.2. The zero-order valence-corrected chi connectivity index (χ0v) is 50.0. The van der Waals surface area contributed by atoms with Crippen molar-refractivity contribution in [3.8, 4) is 0 Å². The Bertz CT molecular complexity index is 2130. The molecule has 10 rings (SSSR count). The summed E-state index contributed by atoms with van der Waals surface area (Å²) in [6, 6.07) is 0.963. The fourth-order valence-electron chi connectivity index (χ4n) is 8.01. The molecule has 0 amide bonds. The minimum Gasteiger partial charge on any atom is -0.405 e. The molecule has 0 spiro atoms. The number of hydrogen-bond acceptors (Lipinski definition) is 17. The Labute approximate surface area is 458 Å². The second kappa shape index (κ2) is 27.4. The number of aliphatic hydroxyl groups is 1. The number of aromatic amines is 1. The van der Waals surface area contributed by atoms with Gasteiger partial charge in [0, 0.05) is 83.1 Å². The van der Waals surface area contributed by atoms with Gasteiger partial charge in [0.1, 0.15) is 0 Å². The van der Waals surface area contributed by atoms with Crippen LogP contribution < -0.4 is 5.46 Å². The lowest BCUT2D eigenvalue weighted by atomic mass is 9.49. The molecule has 0 radical (unpaired) electrons. The minimum absolute atomic E-state index is 0.0891. The summed E-state index contributed by atoms with van der Waals surface area (Å²) in [5.41, 5.74) is -1.06. The highest BCUT2D eigenvalue weighted by Crippen LogP contribution is 2.43. The van der Waals surface area contributed by atoms with Gasteiger partial charge in [0.05, 0.1) is 85.5 Å². The highest BCUT2D eigenvalue weighted by Gasteiger charge is 2.63. The van der Waals surface area contributed by atoms with Crippen molar-refractivity contribution in [3.05, 3.63) is 46.1 Å². The normalized spacial score (nSPS) is 24.4. The van der Waals surface area contributed by atoms with Crippen molar-refractivity contribution in [1.29, 1.82) is 0 Å². The average molecular weight is 1190 g/mol. The lowest BCUT2D eigenvalue weighted by Crippen LogP contribution is -2.41. The maximum Gasteiger partial charge on any atom is 0.498 e. The largest absolute Gasteiger partial charge is 0.498 e. The van der Waals surface area contributed by atoms with Gasteiger partial charge < -0.3 is 52.0 Å². The molecule has 7 aliphatic heterocycles. The van der Waals surface area contributed by atoms with Crippen LogP contribution in [-0.2, 0) is 61.2 Å². The molecule has 0 atom stereocenters. The second-order valence-electron chi connectivity index (χ2n) is 22.3. The standard InChI is InChI=1S/C14H23BN2O3.C12H24B2O4.C8H11BrN2O.C6H12O4S.C5H10O2.C3H3BrN2/c1-13(2)14(3,4)20-15(19-13)11-9-16-17(10-11)12-5-7-18-8-6-12;1-9(2)10(3,4)16-13(15-9)14-17-11(5,6)12(7,8)18-14;9-7-5-10-11(6-7)8-1-3-12-4-2-8;1-11(7,8)10-6-2-4-9-5-3-6;6-5-1-3-7-4-2-5;4-3-1-5-6-2-3/h9-10,12H,5-8H2,1-4H3;1-8H3;5-6,8H,1-4H2;6H,2-5H2,1H3;5-6H,1-4H2;1-2H,(H,5,6). The summed E-state index contributed by atoms with van der Waals surface area (Å²) in [5.74, 6) is 0. The van der Waals surface area contributed by atoms with Crippen molar-refractivity contribution in [2.45, 2.75) is 192 Å². The molecule has 0 saturated carbocycles. The first-order valence-electron chi connectivity index (χ1n) is 25.8. The second-order valence-corrected chi connectivity index (χ2v) is 25.7. The van der Waals surface area contributed by atoms with E-state index in [2.05, 4.69) is 86.1 Å². The summed E-state index contributed by atoms with van der Waals surface area (Å²) in [7, 11) is -4.56. The van der Waals surface area contributed by atoms with Crippen LogP contribution in [0.4, 0.5) is 0 Å². The smallest absolute Gasteiger partial charge is 0.405 e. The van der Waals surface area contributed by atoms with E-state index in [1.165, 1.54) is 0 Å². The summed E-state index contributed by atoms with van der Waals surface area (Å²) < 4.78 is 88.8. The van der Waals surface area contributed by atoms with Crippen LogP contribution in [0.1, 0.15) is 147 Å². The van der Waals surface area contributed by atoms with Crippen molar-refractivity contribution in [2.24, 2.45) is 0 Å². The van der Waals surface area contributed by atoms with Gasteiger partial charge in [-0.3, -0.25) is 18.6 Å². The quantitative estimate of drug-likeness (QED) is 0.183. The van der Waals surface area contributed by atoms with E-state index in [0.717, 1.165) is 98.8 Å². The van der Waals surface area contributed by atoms with Crippen molar-refractivity contribution in [1.82, 2.24) is 29.8 Å². The molecule has 20 nitrogen and oxygen atoms in total. The van der Waals surface area contributed by atoms with Gasteiger partial charge in [-0.25, -0.2) is 0 Å². The van der Waals surface area contributed by atoms with Crippen LogP contribution in [0.3, 0.4) is 0 Å². The van der Waals surface area contributed by atoms with Gasteiger partial charge >= 0.3 is 21.1 Å². The molecular formula is C48H83B3Br2N6O14S. The Balaban J connectivity index is 0.000000172. The first-order chi connectivity index (χ1) is 34.5. The summed E-state index contributed by atoms with van der Waals surface area (Å²) in [5, 5.41) is 23.8. The first-order valence-corrected chi connectivity index (χ1v) is 29.2. The predicted octanol–water partition coefficient (Wildman–Crippen LogP) is 7.25. The third-order valence-electron chi connectivity index (χ3n) is 14.7. The Hall–Kier alpha value is -1.75. The van der Waals surface area contributed by atoms with E-state index in [9.17, 15) is 8.42 Å². The van der Waals surface area contributed by atoms with E-state index < -0.39 is 24.1 Å². The van der Waals surface area contributed by atoms with Gasteiger partial charge in [-0.15, -0.1) is 0 Å². The highest BCUT2D eigenvalue weighted by atomic mass is 79.9. The molecule has 0 bridgehead atoms. The Morgan fingerprint density at radius 1 is 0.568 bits per heavy atom. The Morgan fingerprint density at radius 2 is 0.946 bits per heavy atom. The minimum atomic E-state index is -3.28. The van der Waals surface area contributed by atoms with Crippen molar-refractivity contribution in [2.75, 3.05) is 59.1 Å². The molecule has 7 saturated heterocycles. The molecule has 418 valence electrons. The van der Waals surface area contributed by atoms with Crippen LogP contribution in [0.25, 0.3) is 0 Å². The van der Waals surface area contributed by atoms with Crippen molar-refractivity contribution in [3.63, 3.8) is 0 Å². The number of aliphatic hydroxyl groups excluding tert-OH is 1. The first kappa shape index (κ1) is 63.1. The number of hydrogen-bond donors (Lipinski definition) is 2. The number of aromatic nitrogens is 6. The van der Waals surface area contributed by atoms with Crippen LogP contribution >= 0.6 is 31.9 Å². The van der Waals surface area contributed by atoms with Gasteiger partial charge in [-0.1, -0.05) is 0 Å². The lowest BCUT2D eigenvalue weighted by molar-refractivity contribution is 0.00578. The fraction of sp³-hybridized carbons (Fsp3) is 0.812. The number of nitrogens with one attached hydrogen (secondary N) is 1. The van der Waals surface area contributed by atoms with E-state index in [-0.39, 0.29) is 52.9 Å². The lowest BCUT2D eigenvalue weighted by Gasteiger charge is -2.32. The fourth-order valence-corrected chi connectivity index (χ4v) is 9.20. The number of ether oxygens (including phenoxy) is 4.